The molecule has 5 nitrogen and oxygen atoms in total. The lowest BCUT2D eigenvalue weighted by Gasteiger charge is -2.19. The summed E-state index contributed by atoms with van der Waals surface area (Å²) in [7, 11) is 3.14. The van der Waals surface area contributed by atoms with Gasteiger partial charge in [-0.15, -0.1) is 0 Å². The summed E-state index contributed by atoms with van der Waals surface area (Å²) in [6.45, 7) is 0.164. The van der Waals surface area contributed by atoms with E-state index in [1.54, 1.807) is 44.6 Å². The van der Waals surface area contributed by atoms with Crippen LogP contribution in [0.15, 0.2) is 42.0 Å². The second kappa shape index (κ2) is 6.04. The maximum atomic E-state index is 12.6. The Bertz CT molecular complexity index is 792. The summed E-state index contributed by atoms with van der Waals surface area (Å²) in [6, 6.07) is 9.84. The van der Waals surface area contributed by atoms with Crippen molar-refractivity contribution in [2.75, 3.05) is 20.8 Å². The molecular weight excluding hydrogens is 296 g/mol. The van der Waals surface area contributed by atoms with E-state index in [1.807, 2.05) is 0 Å². The van der Waals surface area contributed by atoms with Gasteiger partial charge in [0, 0.05) is 11.1 Å². The van der Waals surface area contributed by atoms with Gasteiger partial charge in [0.15, 0.2) is 5.78 Å². The van der Waals surface area contributed by atoms with E-state index < -0.39 is 0 Å². The molecule has 5 heteroatoms. The first-order valence-electron chi connectivity index (χ1n) is 7.05. The minimum atomic E-state index is -0.174. The van der Waals surface area contributed by atoms with Crippen LogP contribution in [0.1, 0.15) is 15.9 Å². The number of Topliss-reactive ketones (excluding diaryl/α,β-unsaturated/α-hetero) is 1. The highest BCUT2D eigenvalue weighted by atomic mass is 16.5. The van der Waals surface area contributed by atoms with Gasteiger partial charge in [0.25, 0.3) is 0 Å². The molecule has 1 heterocycles. The lowest BCUT2D eigenvalue weighted by molar-refractivity contribution is 0.100. The molecule has 0 saturated carbocycles. The second-order valence-electron chi connectivity index (χ2n) is 5.08. The van der Waals surface area contributed by atoms with Crippen molar-refractivity contribution in [3.05, 3.63) is 53.1 Å². The van der Waals surface area contributed by atoms with Crippen molar-refractivity contribution in [2.45, 2.75) is 0 Å². The van der Waals surface area contributed by atoms with Gasteiger partial charge in [0.1, 0.15) is 29.6 Å². The predicted octanol–water partition coefficient (Wildman–Crippen LogP) is 3.07. The number of rotatable bonds is 3. The van der Waals surface area contributed by atoms with Gasteiger partial charge >= 0.3 is 0 Å². The number of fused-ring (bicyclic) bond motifs is 1. The lowest BCUT2D eigenvalue weighted by atomic mass is 9.98. The molecule has 1 aliphatic heterocycles. The largest absolute Gasteiger partial charge is 0.508 e. The lowest BCUT2D eigenvalue weighted by Crippen LogP contribution is -2.18. The fourth-order valence-electron chi connectivity index (χ4n) is 2.46. The van der Waals surface area contributed by atoms with Gasteiger partial charge in [-0.2, -0.15) is 0 Å². The van der Waals surface area contributed by atoms with E-state index in [0.717, 1.165) is 5.56 Å². The summed E-state index contributed by atoms with van der Waals surface area (Å²) >= 11 is 0. The van der Waals surface area contributed by atoms with E-state index in [-0.39, 0.29) is 18.1 Å². The normalized spacial score (nSPS) is 15.0. The Labute approximate surface area is 133 Å². The van der Waals surface area contributed by atoms with E-state index in [1.165, 1.54) is 12.1 Å². The van der Waals surface area contributed by atoms with E-state index in [9.17, 15) is 9.90 Å². The monoisotopic (exact) mass is 312 g/mol. The number of methoxy groups -OCH3 is 2. The Morgan fingerprint density at radius 3 is 2.70 bits per heavy atom. The molecule has 0 spiro atoms. The van der Waals surface area contributed by atoms with Crippen molar-refractivity contribution in [2.24, 2.45) is 0 Å². The minimum Gasteiger partial charge on any atom is -0.508 e. The molecule has 0 bridgehead atoms. The quantitative estimate of drug-likeness (QED) is 0.882. The van der Waals surface area contributed by atoms with Gasteiger partial charge in [-0.05, 0) is 42.5 Å². The van der Waals surface area contributed by atoms with Crippen molar-refractivity contribution in [1.82, 2.24) is 0 Å². The third-order valence-corrected chi connectivity index (χ3v) is 3.65. The van der Waals surface area contributed by atoms with Crippen LogP contribution in [0.2, 0.25) is 0 Å². The van der Waals surface area contributed by atoms with Crippen molar-refractivity contribution >= 4 is 11.9 Å². The van der Waals surface area contributed by atoms with Crippen LogP contribution in [-0.4, -0.2) is 31.7 Å². The van der Waals surface area contributed by atoms with Gasteiger partial charge in [-0.25, -0.2) is 0 Å². The molecule has 23 heavy (non-hydrogen) atoms. The smallest absolute Gasteiger partial charge is 0.196 e. The second-order valence-corrected chi connectivity index (χ2v) is 5.08. The Hall–Kier alpha value is -2.95. The molecule has 0 amide bonds. The molecule has 2 aromatic carbocycles. The third-order valence-electron chi connectivity index (χ3n) is 3.65. The zero-order valence-corrected chi connectivity index (χ0v) is 12.8. The van der Waals surface area contributed by atoms with E-state index in [0.29, 0.717) is 28.4 Å². The summed E-state index contributed by atoms with van der Waals surface area (Å²) in [4.78, 5) is 12.6. The molecule has 1 N–H and O–H groups in total. The summed E-state index contributed by atoms with van der Waals surface area (Å²) in [6.07, 6.45) is 1.72. The number of carbonyl (C=O) groups excluding carboxylic acids is 1. The highest BCUT2D eigenvalue weighted by Crippen LogP contribution is 2.32. The topological polar surface area (TPSA) is 65.0 Å². The maximum absolute atomic E-state index is 12.6. The number of ether oxygens (including phenoxy) is 3. The minimum absolute atomic E-state index is 0.0286. The van der Waals surface area contributed by atoms with Crippen LogP contribution in [-0.2, 0) is 0 Å². The predicted molar refractivity (Wildman–Crippen MR) is 85.5 cm³/mol. The van der Waals surface area contributed by atoms with Gasteiger partial charge < -0.3 is 19.3 Å². The number of hydrogen-bond acceptors (Lipinski definition) is 5. The Kier molecular flexibility index (Phi) is 3.93. The maximum Gasteiger partial charge on any atom is 0.196 e. The standard InChI is InChI=1S/C18H16O5/c1-21-14-4-6-16(22-2)11(8-14)7-12-10-23-17-5-3-13(19)9-15(17)18(12)20/h3-9,19H,10H2,1-2H3/b12-7+. The van der Waals surface area contributed by atoms with Gasteiger partial charge in [-0.1, -0.05) is 0 Å². The van der Waals surface area contributed by atoms with Crippen molar-refractivity contribution < 1.29 is 24.1 Å². The van der Waals surface area contributed by atoms with Gasteiger partial charge in [0.05, 0.1) is 19.8 Å². The molecule has 0 atom stereocenters. The van der Waals surface area contributed by atoms with E-state index >= 15 is 0 Å². The molecule has 0 radical (unpaired) electrons. The van der Waals surface area contributed by atoms with Gasteiger partial charge in [0.2, 0.25) is 0 Å². The SMILES string of the molecule is COc1ccc(OC)c(/C=C2\COc3ccc(O)cc3C2=O)c1. The molecule has 0 aliphatic carbocycles. The van der Waals surface area contributed by atoms with Crippen molar-refractivity contribution in [1.29, 1.82) is 0 Å². The van der Waals surface area contributed by atoms with Crippen LogP contribution in [0.5, 0.6) is 23.0 Å². The molecular formula is C18H16O5. The zero-order chi connectivity index (χ0) is 16.4. The van der Waals surface area contributed by atoms with Crippen molar-refractivity contribution in [3.8, 4) is 23.0 Å². The molecule has 1 aliphatic rings. The van der Waals surface area contributed by atoms with Crippen LogP contribution in [0.4, 0.5) is 0 Å². The molecule has 118 valence electrons. The summed E-state index contributed by atoms with van der Waals surface area (Å²) in [5, 5.41) is 9.57. The first kappa shape index (κ1) is 15.0. The van der Waals surface area contributed by atoms with Gasteiger partial charge in [-0.3, -0.25) is 4.79 Å². The Morgan fingerprint density at radius 1 is 1.13 bits per heavy atom. The zero-order valence-electron chi connectivity index (χ0n) is 12.8. The average Bonchev–Trinajstić information content (AvgIpc) is 2.57. The summed E-state index contributed by atoms with van der Waals surface area (Å²) in [5.74, 6) is 1.63. The first-order valence-corrected chi connectivity index (χ1v) is 7.05. The highest BCUT2D eigenvalue weighted by Gasteiger charge is 2.24. The van der Waals surface area contributed by atoms with Crippen LogP contribution >= 0.6 is 0 Å². The fourth-order valence-corrected chi connectivity index (χ4v) is 2.46. The summed E-state index contributed by atoms with van der Waals surface area (Å²) < 4.78 is 16.1. The number of aromatic hydroxyl groups is 1. The summed E-state index contributed by atoms with van der Waals surface area (Å²) in [5.41, 5.74) is 1.56. The molecule has 3 rings (SSSR count). The number of benzene rings is 2. The van der Waals surface area contributed by atoms with Crippen LogP contribution < -0.4 is 14.2 Å². The van der Waals surface area contributed by atoms with E-state index in [4.69, 9.17) is 14.2 Å². The molecule has 0 fully saturated rings. The molecule has 0 unspecified atom stereocenters. The number of hydrogen-bond donors (Lipinski definition) is 1. The first-order chi connectivity index (χ1) is 11.1. The number of phenolic OH excluding ortho intramolecular Hbond substituents is 1. The average molecular weight is 312 g/mol. The Balaban J connectivity index is 2.02. The van der Waals surface area contributed by atoms with E-state index in [2.05, 4.69) is 0 Å². The fraction of sp³-hybridized carbons (Fsp3) is 0.167. The third kappa shape index (κ3) is 2.85. The highest BCUT2D eigenvalue weighted by molar-refractivity contribution is 6.14. The number of carbonyl (C=O) groups is 1. The molecule has 0 saturated heterocycles. The van der Waals surface area contributed by atoms with Crippen LogP contribution in [0.25, 0.3) is 6.08 Å². The Morgan fingerprint density at radius 2 is 1.96 bits per heavy atom. The van der Waals surface area contributed by atoms with Crippen LogP contribution in [0, 0.1) is 0 Å². The number of ketones is 1. The van der Waals surface area contributed by atoms with Crippen LogP contribution in [0.3, 0.4) is 0 Å². The number of phenols is 1. The molecule has 2 aromatic rings. The van der Waals surface area contributed by atoms with Crippen molar-refractivity contribution in [3.63, 3.8) is 0 Å². The molecule has 0 aromatic heterocycles.